The van der Waals surface area contributed by atoms with Crippen molar-refractivity contribution in [3.63, 3.8) is 0 Å². The number of rotatable bonds is 2. The van der Waals surface area contributed by atoms with E-state index in [1.807, 2.05) is 0 Å². The second kappa shape index (κ2) is 5.56. The average Bonchev–Trinajstić information content (AvgIpc) is 2.53. The zero-order valence-electron chi connectivity index (χ0n) is 13.0. The van der Waals surface area contributed by atoms with Crippen LogP contribution in [0.15, 0.2) is 12.4 Å². The molecular formula is C16H21N5O2. The number of carbonyl (C=O) groups excluding carboxylic acids is 2. The smallest absolute Gasteiger partial charge is 0.227 e. The van der Waals surface area contributed by atoms with Crippen LogP contribution in [-0.2, 0) is 9.59 Å². The number of amides is 2. The van der Waals surface area contributed by atoms with Gasteiger partial charge in [0.05, 0.1) is 0 Å². The van der Waals surface area contributed by atoms with E-state index in [1.165, 1.54) is 12.8 Å². The standard InChI is InChI=1S/C16H21N5O2/c22-13-5-11(6-14(23)20-13)12-7-18-15(19-8-12)21-3-1-16(2-4-21)9-17-10-16/h7-8,11,17H,1-6,9-10H2,(H,20,22,23). The van der Waals surface area contributed by atoms with E-state index in [0.717, 1.165) is 37.7 Å². The second-order valence-corrected chi connectivity index (χ2v) is 6.98. The summed E-state index contributed by atoms with van der Waals surface area (Å²) in [5.74, 6) is 0.218. The van der Waals surface area contributed by atoms with Crippen molar-refractivity contribution in [2.24, 2.45) is 5.41 Å². The summed E-state index contributed by atoms with van der Waals surface area (Å²) in [6.45, 7) is 4.26. The van der Waals surface area contributed by atoms with E-state index in [9.17, 15) is 9.59 Å². The predicted molar refractivity (Wildman–Crippen MR) is 83.9 cm³/mol. The topological polar surface area (TPSA) is 87.2 Å². The molecule has 0 bridgehead atoms. The van der Waals surface area contributed by atoms with Crippen molar-refractivity contribution in [3.8, 4) is 0 Å². The molecule has 3 fully saturated rings. The van der Waals surface area contributed by atoms with Crippen LogP contribution in [0.1, 0.15) is 37.2 Å². The Kier molecular flexibility index (Phi) is 3.52. The molecule has 0 unspecified atom stereocenters. The molecule has 4 rings (SSSR count). The highest BCUT2D eigenvalue weighted by Gasteiger charge is 2.40. The first-order valence-corrected chi connectivity index (χ1v) is 8.24. The van der Waals surface area contributed by atoms with E-state index in [1.54, 1.807) is 12.4 Å². The first-order valence-electron chi connectivity index (χ1n) is 8.24. The lowest BCUT2D eigenvalue weighted by molar-refractivity contribution is -0.133. The van der Waals surface area contributed by atoms with Crippen molar-refractivity contribution in [2.45, 2.75) is 31.6 Å². The quantitative estimate of drug-likeness (QED) is 0.758. The summed E-state index contributed by atoms with van der Waals surface area (Å²) in [4.78, 5) is 34.1. The summed E-state index contributed by atoms with van der Waals surface area (Å²) in [7, 11) is 0. The molecule has 0 radical (unpaired) electrons. The lowest BCUT2D eigenvalue weighted by atomic mass is 9.73. The lowest BCUT2D eigenvalue weighted by Crippen LogP contribution is -2.58. The van der Waals surface area contributed by atoms with Gasteiger partial charge in [-0.3, -0.25) is 14.9 Å². The van der Waals surface area contributed by atoms with Gasteiger partial charge in [0.25, 0.3) is 0 Å². The molecule has 1 aromatic rings. The van der Waals surface area contributed by atoms with Crippen LogP contribution in [0.25, 0.3) is 0 Å². The molecule has 2 N–H and O–H groups in total. The molecule has 3 aliphatic rings. The molecular weight excluding hydrogens is 294 g/mol. The number of carbonyl (C=O) groups is 2. The Labute approximate surface area is 134 Å². The molecule has 0 aromatic carbocycles. The molecule has 7 heteroatoms. The largest absolute Gasteiger partial charge is 0.341 e. The van der Waals surface area contributed by atoms with Crippen LogP contribution in [0, 0.1) is 5.41 Å². The molecule has 3 aliphatic heterocycles. The number of nitrogens with zero attached hydrogens (tertiary/aromatic N) is 3. The summed E-state index contributed by atoms with van der Waals surface area (Å²) >= 11 is 0. The van der Waals surface area contributed by atoms with E-state index in [2.05, 4.69) is 25.5 Å². The third-order valence-corrected chi connectivity index (χ3v) is 5.38. The lowest BCUT2D eigenvalue weighted by Gasteiger charge is -2.48. The highest BCUT2D eigenvalue weighted by molar-refractivity contribution is 5.98. The molecule has 4 heterocycles. The van der Waals surface area contributed by atoms with Gasteiger partial charge in [-0.05, 0) is 23.8 Å². The highest BCUT2D eigenvalue weighted by Crippen LogP contribution is 2.35. The van der Waals surface area contributed by atoms with E-state index < -0.39 is 0 Å². The minimum atomic E-state index is -0.217. The molecule has 0 aliphatic carbocycles. The van der Waals surface area contributed by atoms with Gasteiger partial charge in [0.1, 0.15) is 0 Å². The van der Waals surface area contributed by atoms with Crippen molar-refractivity contribution in [1.82, 2.24) is 20.6 Å². The van der Waals surface area contributed by atoms with Crippen LogP contribution in [0.5, 0.6) is 0 Å². The first kappa shape index (κ1) is 14.6. The maximum Gasteiger partial charge on any atom is 0.227 e. The van der Waals surface area contributed by atoms with Gasteiger partial charge in [0.2, 0.25) is 17.8 Å². The zero-order chi connectivity index (χ0) is 15.9. The number of hydrogen-bond acceptors (Lipinski definition) is 6. The van der Waals surface area contributed by atoms with Crippen molar-refractivity contribution >= 4 is 17.8 Å². The number of aromatic nitrogens is 2. The molecule has 1 aromatic heterocycles. The SMILES string of the molecule is O=C1CC(c2cnc(N3CCC4(CC3)CNC4)nc2)CC(=O)N1. The fourth-order valence-corrected chi connectivity index (χ4v) is 3.73. The van der Waals surface area contributed by atoms with E-state index in [-0.39, 0.29) is 17.7 Å². The molecule has 0 saturated carbocycles. The van der Waals surface area contributed by atoms with Crippen LogP contribution >= 0.6 is 0 Å². The molecule has 122 valence electrons. The summed E-state index contributed by atoms with van der Waals surface area (Å²) < 4.78 is 0. The number of nitrogens with one attached hydrogen (secondary N) is 2. The van der Waals surface area contributed by atoms with Gasteiger partial charge in [-0.15, -0.1) is 0 Å². The Balaban J connectivity index is 1.42. The van der Waals surface area contributed by atoms with Crippen LogP contribution in [0.4, 0.5) is 5.95 Å². The minimum absolute atomic E-state index is 0.101. The first-order chi connectivity index (χ1) is 11.1. The molecule has 3 saturated heterocycles. The average molecular weight is 315 g/mol. The maximum atomic E-state index is 11.5. The van der Waals surface area contributed by atoms with Crippen LogP contribution in [0.2, 0.25) is 0 Å². The van der Waals surface area contributed by atoms with Gasteiger partial charge in [-0.2, -0.15) is 0 Å². The highest BCUT2D eigenvalue weighted by atomic mass is 16.2. The summed E-state index contributed by atoms with van der Waals surface area (Å²) in [5, 5.41) is 5.70. The van der Waals surface area contributed by atoms with Gasteiger partial charge < -0.3 is 10.2 Å². The number of imide groups is 1. The Morgan fingerprint density at radius 1 is 1.04 bits per heavy atom. The molecule has 7 nitrogen and oxygen atoms in total. The van der Waals surface area contributed by atoms with Gasteiger partial charge in [-0.25, -0.2) is 9.97 Å². The molecule has 0 atom stereocenters. The Morgan fingerprint density at radius 3 is 2.17 bits per heavy atom. The summed E-state index contributed by atoms with van der Waals surface area (Å²) in [5.41, 5.74) is 1.38. The zero-order valence-corrected chi connectivity index (χ0v) is 13.0. The normalized spacial score (nSPS) is 24.4. The van der Waals surface area contributed by atoms with Gasteiger partial charge >= 0.3 is 0 Å². The van der Waals surface area contributed by atoms with Crippen molar-refractivity contribution in [1.29, 1.82) is 0 Å². The van der Waals surface area contributed by atoms with Crippen molar-refractivity contribution in [3.05, 3.63) is 18.0 Å². The fourth-order valence-electron chi connectivity index (χ4n) is 3.73. The van der Waals surface area contributed by atoms with Gasteiger partial charge in [0.15, 0.2) is 0 Å². The number of hydrogen-bond donors (Lipinski definition) is 2. The molecule has 2 amide bonds. The van der Waals surface area contributed by atoms with E-state index in [0.29, 0.717) is 18.3 Å². The Bertz CT molecular complexity index is 600. The maximum absolute atomic E-state index is 11.5. The second-order valence-electron chi connectivity index (χ2n) is 6.98. The van der Waals surface area contributed by atoms with Crippen LogP contribution in [-0.4, -0.2) is 48.0 Å². The van der Waals surface area contributed by atoms with Gasteiger partial charge in [0, 0.05) is 57.3 Å². The fraction of sp³-hybridized carbons (Fsp3) is 0.625. The van der Waals surface area contributed by atoms with Crippen molar-refractivity contribution in [2.75, 3.05) is 31.1 Å². The van der Waals surface area contributed by atoms with E-state index >= 15 is 0 Å². The molecule has 1 spiro atoms. The molecule has 23 heavy (non-hydrogen) atoms. The third kappa shape index (κ3) is 2.81. The predicted octanol–water partition coefficient (Wildman–Crippen LogP) is 0.187. The third-order valence-electron chi connectivity index (χ3n) is 5.38. The monoisotopic (exact) mass is 315 g/mol. The number of anilines is 1. The van der Waals surface area contributed by atoms with E-state index in [4.69, 9.17) is 0 Å². The Hall–Kier alpha value is -2.02. The van der Waals surface area contributed by atoms with Crippen LogP contribution in [0.3, 0.4) is 0 Å². The van der Waals surface area contributed by atoms with Crippen LogP contribution < -0.4 is 15.5 Å². The summed E-state index contributed by atoms with van der Waals surface area (Å²) in [6, 6.07) is 0. The van der Waals surface area contributed by atoms with Crippen molar-refractivity contribution < 1.29 is 9.59 Å². The van der Waals surface area contributed by atoms with Gasteiger partial charge in [-0.1, -0.05) is 0 Å². The summed E-state index contributed by atoms with van der Waals surface area (Å²) in [6.07, 6.45) is 6.56. The minimum Gasteiger partial charge on any atom is -0.341 e. The Morgan fingerprint density at radius 2 is 1.65 bits per heavy atom. The number of piperidine rings is 2.